The van der Waals surface area contributed by atoms with Crippen LogP contribution in [-0.4, -0.2) is 42.1 Å². The normalized spacial score (nSPS) is 28.4. The van der Waals surface area contributed by atoms with Gasteiger partial charge in [0.25, 0.3) is 0 Å². The van der Waals surface area contributed by atoms with Crippen molar-refractivity contribution in [3.05, 3.63) is 0 Å². The van der Waals surface area contributed by atoms with Crippen molar-refractivity contribution in [1.82, 2.24) is 10.2 Å². The van der Waals surface area contributed by atoms with Crippen LogP contribution < -0.4 is 5.32 Å². The van der Waals surface area contributed by atoms with Crippen molar-refractivity contribution in [2.45, 2.75) is 38.5 Å². The number of urea groups is 1. The number of hydrogen-bond donors (Lipinski definition) is 2. The average Bonchev–Trinajstić information content (AvgIpc) is 2.97. The zero-order chi connectivity index (χ0) is 13.8. The van der Waals surface area contributed by atoms with Crippen molar-refractivity contribution in [2.75, 3.05) is 20.1 Å². The molecule has 0 spiro atoms. The maximum atomic E-state index is 11.7. The van der Waals surface area contributed by atoms with Crippen LogP contribution in [0.5, 0.6) is 0 Å². The number of carbonyl (C=O) groups is 2. The maximum Gasteiger partial charge on any atom is 0.317 e. The molecule has 2 N–H and O–H groups in total. The van der Waals surface area contributed by atoms with Gasteiger partial charge >= 0.3 is 12.0 Å². The van der Waals surface area contributed by atoms with Crippen LogP contribution >= 0.6 is 0 Å². The third kappa shape index (κ3) is 3.85. The molecule has 0 aromatic carbocycles. The number of fused-ring (bicyclic) bond motifs is 2. The molecule has 0 aliphatic heterocycles. The van der Waals surface area contributed by atoms with Crippen LogP contribution in [0.3, 0.4) is 0 Å². The number of carbonyl (C=O) groups excluding carboxylic acids is 1. The van der Waals surface area contributed by atoms with E-state index in [0.29, 0.717) is 6.54 Å². The van der Waals surface area contributed by atoms with E-state index in [1.165, 1.54) is 30.6 Å². The molecule has 5 heteroatoms. The Labute approximate surface area is 114 Å². The van der Waals surface area contributed by atoms with Gasteiger partial charge in [0, 0.05) is 20.1 Å². The molecule has 0 saturated heterocycles. The molecule has 5 nitrogen and oxygen atoms in total. The van der Waals surface area contributed by atoms with E-state index in [0.717, 1.165) is 24.2 Å². The van der Waals surface area contributed by atoms with Gasteiger partial charge in [-0.3, -0.25) is 4.79 Å². The Hall–Kier alpha value is -1.26. The highest BCUT2D eigenvalue weighted by molar-refractivity contribution is 5.74. The van der Waals surface area contributed by atoms with Gasteiger partial charge in [0.2, 0.25) is 0 Å². The minimum atomic E-state index is -0.873. The lowest BCUT2D eigenvalue weighted by Gasteiger charge is -2.22. The SMILES string of the molecule is CN(CCC(=O)O)C(=O)NCCC1CC2CCC1C2. The molecule has 108 valence electrons. The number of amides is 2. The van der Waals surface area contributed by atoms with E-state index in [2.05, 4.69) is 5.32 Å². The highest BCUT2D eigenvalue weighted by Gasteiger charge is 2.38. The maximum absolute atomic E-state index is 11.7. The van der Waals surface area contributed by atoms with Gasteiger partial charge in [-0.1, -0.05) is 6.42 Å². The largest absolute Gasteiger partial charge is 0.481 e. The van der Waals surface area contributed by atoms with Crippen LogP contribution in [0.1, 0.15) is 38.5 Å². The molecule has 2 bridgehead atoms. The standard InChI is InChI=1S/C14H24N2O3/c1-16(7-5-13(17)18)14(19)15-6-4-12-9-10-2-3-11(12)8-10/h10-12H,2-9H2,1H3,(H,15,19)(H,17,18). The molecule has 0 aromatic heterocycles. The van der Waals surface area contributed by atoms with Crippen LogP contribution in [0.4, 0.5) is 4.79 Å². The molecule has 0 aromatic rings. The Balaban J connectivity index is 1.60. The molecule has 3 unspecified atom stereocenters. The Morgan fingerprint density at radius 3 is 2.68 bits per heavy atom. The van der Waals surface area contributed by atoms with E-state index in [1.54, 1.807) is 7.05 Å². The second-order valence-corrected chi connectivity index (χ2v) is 6.02. The molecule has 19 heavy (non-hydrogen) atoms. The number of carboxylic acids is 1. The molecule has 2 aliphatic rings. The minimum Gasteiger partial charge on any atom is -0.481 e. The summed E-state index contributed by atoms with van der Waals surface area (Å²) >= 11 is 0. The van der Waals surface area contributed by atoms with Gasteiger partial charge in [0.1, 0.15) is 0 Å². The third-order valence-corrected chi connectivity index (χ3v) is 4.68. The first kappa shape index (κ1) is 14.2. The molecule has 0 heterocycles. The third-order valence-electron chi connectivity index (χ3n) is 4.68. The summed E-state index contributed by atoms with van der Waals surface area (Å²) in [6.07, 6.45) is 6.59. The summed E-state index contributed by atoms with van der Waals surface area (Å²) in [4.78, 5) is 23.6. The Morgan fingerprint density at radius 2 is 2.11 bits per heavy atom. The summed E-state index contributed by atoms with van der Waals surface area (Å²) in [7, 11) is 1.63. The van der Waals surface area contributed by atoms with Crippen molar-refractivity contribution in [3.63, 3.8) is 0 Å². The molecular weight excluding hydrogens is 244 g/mol. The first-order chi connectivity index (χ1) is 9.06. The lowest BCUT2D eigenvalue weighted by Crippen LogP contribution is -2.39. The average molecular weight is 268 g/mol. The molecular formula is C14H24N2O3. The van der Waals surface area contributed by atoms with Crippen LogP contribution in [-0.2, 0) is 4.79 Å². The summed E-state index contributed by atoms with van der Waals surface area (Å²) in [5.74, 6) is 1.76. The van der Waals surface area contributed by atoms with Crippen LogP contribution in [0, 0.1) is 17.8 Å². The van der Waals surface area contributed by atoms with E-state index in [4.69, 9.17) is 5.11 Å². The Kier molecular flexibility index (Phi) is 4.66. The van der Waals surface area contributed by atoms with Crippen LogP contribution in [0.2, 0.25) is 0 Å². The van der Waals surface area contributed by atoms with E-state index in [-0.39, 0.29) is 19.0 Å². The Bertz CT molecular complexity index is 346. The van der Waals surface area contributed by atoms with E-state index >= 15 is 0 Å². The first-order valence-electron chi connectivity index (χ1n) is 7.27. The number of rotatable bonds is 6. The fourth-order valence-electron chi connectivity index (χ4n) is 3.59. The van der Waals surface area contributed by atoms with Crippen molar-refractivity contribution < 1.29 is 14.7 Å². The van der Waals surface area contributed by atoms with E-state index in [1.807, 2.05) is 0 Å². The summed E-state index contributed by atoms with van der Waals surface area (Å²) in [6, 6.07) is -0.163. The number of nitrogens with one attached hydrogen (secondary N) is 1. The van der Waals surface area contributed by atoms with E-state index in [9.17, 15) is 9.59 Å². The van der Waals surface area contributed by atoms with Gasteiger partial charge in [0.15, 0.2) is 0 Å². The highest BCUT2D eigenvalue weighted by atomic mass is 16.4. The summed E-state index contributed by atoms with van der Waals surface area (Å²) in [5, 5.41) is 11.5. The Morgan fingerprint density at radius 1 is 1.32 bits per heavy atom. The fraction of sp³-hybridized carbons (Fsp3) is 0.857. The molecule has 0 radical (unpaired) electrons. The van der Waals surface area contributed by atoms with Crippen molar-refractivity contribution in [3.8, 4) is 0 Å². The minimum absolute atomic E-state index is 0.00367. The predicted octanol–water partition coefficient (Wildman–Crippen LogP) is 1.93. The second-order valence-electron chi connectivity index (χ2n) is 6.02. The van der Waals surface area contributed by atoms with Gasteiger partial charge in [-0.15, -0.1) is 0 Å². The molecule has 2 rings (SSSR count). The lowest BCUT2D eigenvalue weighted by atomic mass is 9.86. The van der Waals surface area contributed by atoms with Gasteiger partial charge < -0.3 is 15.3 Å². The topological polar surface area (TPSA) is 69.6 Å². The molecule has 2 amide bonds. The zero-order valence-corrected chi connectivity index (χ0v) is 11.6. The quantitative estimate of drug-likeness (QED) is 0.773. The zero-order valence-electron chi connectivity index (χ0n) is 11.6. The van der Waals surface area contributed by atoms with Crippen molar-refractivity contribution >= 4 is 12.0 Å². The smallest absolute Gasteiger partial charge is 0.317 e. The number of carboxylic acid groups (broad SMARTS) is 1. The molecule has 2 saturated carbocycles. The van der Waals surface area contributed by atoms with Crippen molar-refractivity contribution in [1.29, 1.82) is 0 Å². The van der Waals surface area contributed by atoms with Gasteiger partial charge in [-0.05, 0) is 43.4 Å². The number of nitrogens with zero attached hydrogens (tertiary/aromatic N) is 1. The number of hydrogen-bond acceptors (Lipinski definition) is 2. The van der Waals surface area contributed by atoms with Crippen LogP contribution in [0.25, 0.3) is 0 Å². The van der Waals surface area contributed by atoms with Gasteiger partial charge in [0.05, 0.1) is 6.42 Å². The first-order valence-corrected chi connectivity index (χ1v) is 7.27. The van der Waals surface area contributed by atoms with Gasteiger partial charge in [-0.25, -0.2) is 4.79 Å². The highest BCUT2D eigenvalue weighted by Crippen LogP contribution is 2.49. The van der Waals surface area contributed by atoms with Crippen molar-refractivity contribution in [2.24, 2.45) is 17.8 Å². The monoisotopic (exact) mass is 268 g/mol. The summed E-state index contributed by atoms with van der Waals surface area (Å²) in [6.45, 7) is 0.972. The predicted molar refractivity (Wildman–Crippen MR) is 71.8 cm³/mol. The van der Waals surface area contributed by atoms with Crippen LogP contribution in [0.15, 0.2) is 0 Å². The van der Waals surface area contributed by atoms with E-state index < -0.39 is 5.97 Å². The lowest BCUT2D eigenvalue weighted by molar-refractivity contribution is -0.137. The molecule has 2 fully saturated rings. The summed E-state index contributed by atoms with van der Waals surface area (Å²) < 4.78 is 0. The summed E-state index contributed by atoms with van der Waals surface area (Å²) in [5.41, 5.74) is 0. The fourth-order valence-corrected chi connectivity index (χ4v) is 3.59. The van der Waals surface area contributed by atoms with Gasteiger partial charge in [-0.2, -0.15) is 0 Å². The molecule has 3 atom stereocenters. The number of aliphatic carboxylic acids is 1. The second kappa shape index (κ2) is 6.26. The molecule has 2 aliphatic carbocycles.